The smallest absolute Gasteiger partial charge is 0.410 e. The average molecular weight is 306 g/mol. The number of piperidine rings is 1. The summed E-state index contributed by atoms with van der Waals surface area (Å²) in [5, 5.41) is 0. The van der Waals surface area contributed by atoms with Crippen molar-refractivity contribution in [2.24, 2.45) is 0 Å². The minimum absolute atomic E-state index is 0.0197. The van der Waals surface area contributed by atoms with Crippen molar-refractivity contribution in [3.63, 3.8) is 0 Å². The minimum atomic E-state index is -3.18. The third-order valence-electron chi connectivity index (χ3n) is 3.26. The highest BCUT2D eigenvalue weighted by Crippen LogP contribution is 2.20. The van der Waals surface area contributed by atoms with E-state index in [9.17, 15) is 13.2 Å². The molecule has 0 atom stereocenters. The fourth-order valence-corrected chi connectivity index (χ4v) is 3.65. The van der Waals surface area contributed by atoms with Crippen LogP contribution in [-0.4, -0.2) is 61.2 Å². The molecule has 0 radical (unpaired) electrons. The second-order valence-corrected chi connectivity index (χ2v) is 8.10. The predicted molar refractivity (Wildman–Crippen MR) is 78.1 cm³/mol. The molecule has 0 aromatic rings. The molecule has 1 aliphatic rings. The quantitative estimate of drug-likeness (QED) is 0.795. The first-order valence-electron chi connectivity index (χ1n) is 6.99. The minimum Gasteiger partial charge on any atom is -0.444 e. The molecule has 1 heterocycles. The number of hydrogen-bond acceptors (Lipinski definition) is 4. The molecule has 0 spiro atoms. The topological polar surface area (TPSA) is 66.9 Å². The van der Waals surface area contributed by atoms with Crippen molar-refractivity contribution in [3.8, 4) is 0 Å². The van der Waals surface area contributed by atoms with Crippen LogP contribution >= 0.6 is 0 Å². The second kappa shape index (κ2) is 6.30. The van der Waals surface area contributed by atoms with Gasteiger partial charge in [-0.05, 0) is 33.6 Å². The Morgan fingerprint density at radius 1 is 1.30 bits per heavy atom. The van der Waals surface area contributed by atoms with Crippen LogP contribution in [-0.2, 0) is 14.8 Å². The molecule has 0 bridgehead atoms. The Kier molecular flexibility index (Phi) is 5.43. The Balaban J connectivity index is 2.58. The third kappa shape index (κ3) is 4.94. The molecule has 1 saturated heterocycles. The second-order valence-electron chi connectivity index (χ2n) is 6.16. The number of sulfonamides is 1. The molecular formula is C13H26N2O4S. The molecule has 7 heteroatoms. The van der Waals surface area contributed by atoms with Crippen LogP contribution in [0.3, 0.4) is 0 Å². The molecule has 0 aromatic carbocycles. The lowest BCUT2D eigenvalue weighted by Gasteiger charge is -2.37. The van der Waals surface area contributed by atoms with Crippen LogP contribution in [0.15, 0.2) is 0 Å². The van der Waals surface area contributed by atoms with E-state index in [4.69, 9.17) is 4.74 Å². The van der Waals surface area contributed by atoms with Gasteiger partial charge in [0.2, 0.25) is 10.0 Å². The van der Waals surface area contributed by atoms with Crippen LogP contribution in [0.5, 0.6) is 0 Å². The van der Waals surface area contributed by atoms with E-state index in [1.165, 1.54) is 10.6 Å². The van der Waals surface area contributed by atoms with E-state index in [2.05, 4.69) is 0 Å². The van der Waals surface area contributed by atoms with Gasteiger partial charge in [0.15, 0.2) is 0 Å². The summed E-state index contributed by atoms with van der Waals surface area (Å²) in [5.74, 6) is 0. The van der Waals surface area contributed by atoms with Crippen LogP contribution in [0.4, 0.5) is 4.79 Å². The number of ether oxygens (including phenoxy) is 1. The Hall–Kier alpha value is -0.820. The summed E-state index contributed by atoms with van der Waals surface area (Å²) in [4.78, 5) is 13.6. The van der Waals surface area contributed by atoms with Gasteiger partial charge in [0.25, 0.3) is 0 Å². The van der Waals surface area contributed by atoms with Crippen molar-refractivity contribution in [2.45, 2.75) is 52.2 Å². The monoisotopic (exact) mass is 306 g/mol. The van der Waals surface area contributed by atoms with E-state index < -0.39 is 15.6 Å². The SMILES string of the molecule is CCN(C1CCN(C(=O)OC(C)(C)C)CC1)S(C)(=O)=O. The molecule has 1 aliphatic heterocycles. The summed E-state index contributed by atoms with van der Waals surface area (Å²) in [6.07, 6.45) is 2.22. The highest BCUT2D eigenvalue weighted by molar-refractivity contribution is 7.88. The number of amides is 1. The fraction of sp³-hybridized carbons (Fsp3) is 0.923. The Morgan fingerprint density at radius 2 is 1.80 bits per heavy atom. The van der Waals surface area contributed by atoms with Gasteiger partial charge >= 0.3 is 6.09 Å². The highest BCUT2D eigenvalue weighted by atomic mass is 32.2. The summed E-state index contributed by atoms with van der Waals surface area (Å²) >= 11 is 0. The van der Waals surface area contributed by atoms with Crippen molar-refractivity contribution in [1.29, 1.82) is 0 Å². The van der Waals surface area contributed by atoms with E-state index in [1.807, 2.05) is 27.7 Å². The number of carbonyl (C=O) groups excluding carboxylic acids is 1. The predicted octanol–water partition coefficient (Wildman–Crippen LogP) is 1.67. The van der Waals surface area contributed by atoms with Crippen molar-refractivity contribution >= 4 is 16.1 Å². The van der Waals surface area contributed by atoms with Crippen LogP contribution in [0, 0.1) is 0 Å². The van der Waals surface area contributed by atoms with Gasteiger partial charge in [-0.15, -0.1) is 0 Å². The van der Waals surface area contributed by atoms with Crippen LogP contribution in [0.2, 0.25) is 0 Å². The van der Waals surface area contributed by atoms with Crippen molar-refractivity contribution < 1.29 is 17.9 Å². The highest BCUT2D eigenvalue weighted by Gasteiger charge is 2.32. The largest absolute Gasteiger partial charge is 0.444 e. The van der Waals surface area contributed by atoms with Gasteiger partial charge in [0.05, 0.1) is 6.26 Å². The summed E-state index contributed by atoms with van der Waals surface area (Å²) in [6, 6.07) is -0.0197. The van der Waals surface area contributed by atoms with Crippen LogP contribution in [0.1, 0.15) is 40.5 Å². The van der Waals surface area contributed by atoms with Crippen molar-refractivity contribution in [3.05, 3.63) is 0 Å². The molecule has 6 nitrogen and oxygen atoms in total. The molecule has 0 saturated carbocycles. The maximum atomic E-state index is 11.9. The van der Waals surface area contributed by atoms with Gasteiger partial charge in [0.1, 0.15) is 5.60 Å². The Labute approximate surface area is 122 Å². The standard InChI is InChI=1S/C13H26N2O4S/c1-6-15(20(5,17)18)11-7-9-14(10-8-11)12(16)19-13(2,3)4/h11H,6-10H2,1-5H3. The first kappa shape index (κ1) is 17.2. The van der Waals surface area contributed by atoms with Crippen molar-refractivity contribution in [1.82, 2.24) is 9.21 Å². The summed E-state index contributed by atoms with van der Waals surface area (Å²) in [5.41, 5.74) is -0.504. The van der Waals surface area contributed by atoms with Gasteiger partial charge < -0.3 is 9.64 Å². The van der Waals surface area contributed by atoms with Gasteiger partial charge in [-0.3, -0.25) is 0 Å². The number of likely N-dealkylation sites (tertiary alicyclic amines) is 1. The molecule has 0 aliphatic carbocycles. The van der Waals surface area contributed by atoms with E-state index in [0.717, 1.165) is 0 Å². The van der Waals surface area contributed by atoms with Gasteiger partial charge in [-0.25, -0.2) is 13.2 Å². The Morgan fingerprint density at radius 3 is 2.15 bits per heavy atom. The number of carbonyl (C=O) groups is 1. The maximum Gasteiger partial charge on any atom is 0.410 e. The molecule has 118 valence electrons. The first-order chi connectivity index (χ1) is 9.04. The van der Waals surface area contributed by atoms with Gasteiger partial charge in [-0.2, -0.15) is 4.31 Å². The summed E-state index contributed by atoms with van der Waals surface area (Å²) in [6.45, 7) is 8.87. The number of rotatable bonds is 3. The molecule has 0 aromatic heterocycles. The lowest BCUT2D eigenvalue weighted by atomic mass is 10.1. The average Bonchev–Trinajstić information content (AvgIpc) is 2.26. The molecule has 20 heavy (non-hydrogen) atoms. The molecule has 1 amide bonds. The number of nitrogens with zero attached hydrogens (tertiary/aromatic N) is 2. The zero-order valence-electron chi connectivity index (χ0n) is 13.0. The van der Waals surface area contributed by atoms with E-state index in [1.54, 1.807) is 4.90 Å². The fourth-order valence-electron chi connectivity index (χ4n) is 2.43. The Bertz CT molecular complexity index is 434. The zero-order chi connectivity index (χ0) is 15.6. The summed E-state index contributed by atoms with van der Waals surface area (Å²) < 4.78 is 30.2. The van der Waals surface area contributed by atoms with Crippen LogP contribution < -0.4 is 0 Å². The summed E-state index contributed by atoms with van der Waals surface area (Å²) in [7, 11) is -3.18. The normalized spacial score (nSPS) is 18.4. The van der Waals surface area contributed by atoms with E-state index in [0.29, 0.717) is 32.5 Å². The van der Waals surface area contributed by atoms with Gasteiger partial charge in [-0.1, -0.05) is 6.92 Å². The maximum absolute atomic E-state index is 11.9. The zero-order valence-corrected chi connectivity index (χ0v) is 13.9. The lowest BCUT2D eigenvalue weighted by molar-refractivity contribution is 0.0179. The molecule has 1 rings (SSSR count). The van der Waals surface area contributed by atoms with E-state index in [-0.39, 0.29) is 12.1 Å². The molecular weight excluding hydrogens is 280 g/mol. The lowest BCUT2D eigenvalue weighted by Crippen LogP contribution is -2.49. The van der Waals surface area contributed by atoms with Gasteiger partial charge in [0, 0.05) is 25.7 Å². The number of hydrogen-bond donors (Lipinski definition) is 0. The molecule has 0 N–H and O–H groups in total. The molecule has 1 fully saturated rings. The first-order valence-corrected chi connectivity index (χ1v) is 8.84. The third-order valence-corrected chi connectivity index (χ3v) is 4.67. The van der Waals surface area contributed by atoms with E-state index >= 15 is 0 Å². The van der Waals surface area contributed by atoms with Crippen molar-refractivity contribution in [2.75, 3.05) is 25.9 Å². The van der Waals surface area contributed by atoms with Crippen LogP contribution in [0.25, 0.3) is 0 Å². The molecule has 0 unspecified atom stereocenters.